The van der Waals surface area contributed by atoms with Crippen molar-refractivity contribution in [3.8, 4) is 0 Å². The largest absolute Gasteiger partial charge is 0.396 e. The zero-order valence-electron chi connectivity index (χ0n) is 11.0. The molecule has 3 rings (SSSR count). The first-order valence-corrected chi connectivity index (χ1v) is 6.94. The summed E-state index contributed by atoms with van der Waals surface area (Å²) in [7, 11) is 0. The molecule has 0 spiro atoms. The maximum Gasteiger partial charge on any atom is 0.0471 e. The molecular weight excluding hydrogens is 234 g/mol. The van der Waals surface area contributed by atoms with Gasteiger partial charge in [-0.15, -0.1) is 0 Å². The summed E-state index contributed by atoms with van der Waals surface area (Å²) in [6, 6.07) is 17.2. The molecule has 1 aliphatic heterocycles. The molecule has 0 unspecified atom stereocenters. The molecule has 0 amide bonds. The third kappa shape index (κ3) is 2.49. The van der Waals surface area contributed by atoms with E-state index >= 15 is 0 Å². The number of aliphatic hydroxyl groups excluding tert-OH is 1. The fourth-order valence-electron chi connectivity index (χ4n) is 2.77. The molecule has 0 saturated heterocycles. The van der Waals surface area contributed by atoms with E-state index in [9.17, 15) is 0 Å². The van der Waals surface area contributed by atoms with Crippen LogP contribution in [-0.4, -0.2) is 18.3 Å². The second-order valence-electron chi connectivity index (χ2n) is 5.02. The standard InChI is InChI=1S/C17H19NO/c19-13-11-14-7-9-16(10-8-14)18-12-3-5-15-4-1-2-6-17(15)18/h1-2,4,6-10,19H,3,5,11-13H2. The lowest BCUT2D eigenvalue weighted by Gasteiger charge is -2.31. The van der Waals surface area contributed by atoms with Crippen LogP contribution in [0.3, 0.4) is 0 Å². The highest BCUT2D eigenvalue weighted by Crippen LogP contribution is 2.33. The summed E-state index contributed by atoms with van der Waals surface area (Å²) >= 11 is 0. The van der Waals surface area contributed by atoms with Crippen molar-refractivity contribution < 1.29 is 5.11 Å². The minimum absolute atomic E-state index is 0.214. The number of hydrogen-bond acceptors (Lipinski definition) is 2. The molecule has 1 heterocycles. The zero-order chi connectivity index (χ0) is 13.1. The first kappa shape index (κ1) is 12.2. The maximum atomic E-state index is 8.96. The van der Waals surface area contributed by atoms with Gasteiger partial charge in [-0.3, -0.25) is 0 Å². The van der Waals surface area contributed by atoms with Crippen LogP contribution in [-0.2, 0) is 12.8 Å². The molecule has 98 valence electrons. The van der Waals surface area contributed by atoms with Crippen molar-refractivity contribution in [2.24, 2.45) is 0 Å². The summed E-state index contributed by atoms with van der Waals surface area (Å²) < 4.78 is 0. The first-order valence-electron chi connectivity index (χ1n) is 6.94. The van der Waals surface area contributed by atoms with E-state index in [1.54, 1.807) is 0 Å². The van der Waals surface area contributed by atoms with Crippen LogP contribution in [0.5, 0.6) is 0 Å². The predicted octanol–water partition coefficient (Wildman–Crippen LogP) is 3.31. The SMILES string of the molecule is OCCc1ccc(N2CCCc3ccccc32)cc1. The number of benzene rings is 2. The highest BCUT2D eigenvalue weighted by Gasteiger charge is 2.17. The molecule has 1 aliphatic rings. The summed E-state index contributed by atoms with van der Waals surface area (Å²) in [5.41, 5.74) is 5.21. The molecule has 0 fully saturated rings. The van der Waals surface area contributed by atoms with Crippen molar-refractivity contribution in [3.63, 3.8) is 0 Å². The van der Waals surface area contributed by atoms with Crippen molar-refractivity contribution in [1.82, 2.24) is 0 Å². The maximum absolute atomic E-state index is 8.96. The molecule has 19 heavy (non-hydrogen) atoms. The highest BCUT2D eigenvalue weighted by atomic mass is 16.2. The summed E-state index contributed by atoms with van der Waals surface area (Å²) in [4.78, 5) is 2.39. The van der Waals surface area contributed by atoms with E-state index in [4.69, 9.17) is 5.11 Å². The van der Waals surface area contributed by atoms with E-state index in [0.717, 1.165) is 13.0 Å². The monoisotopic (exact) mass is 253 g/mol. The van der Waals surface area contributed by atoms with Crippen molar-refractivity contribution in [2.45, 2.75) is 19.3 Å². The molecule has 0 aromatic heterocycles. The average Bonchev–Trinajstić information content (AvgIpc) is 2.48. The van der Waals surface area contributed by atoms with Gasteiger partial charge in [-0.05, 0) is 48.6 Å². The number of hydrogen-bond donors (Lipinski definition) is 1. The van der Waals surface area contributed by atoms with Gasteiger partial charge in [0.05, 0.1) is 0 Å². The van der Waals surface area contributed by atoms with Gasteiger partial charge in [0, 0.05) is 24.5 Å². The Kier molecular flexibility index (Phi) is 3.51. The first-order chi connectivity index (χ1) is 9.38. The summed E-state index contributed by atoms with van der Waals surface area (Å²) in [6.45, 7) is 1.29. The minimum Gasteiger partial charge on any atom is -0.396 e. The van der Waals surface area contributed by atoms with E-state index in [2.05, 4.69) is 53.4 Å². The number of fused-ring (bicyclic) bond motifs is 1. The molecule has 2 aromatic carbocycles. The highest BCUT2D eigenvalue weighted by molar-refractivity contribution is 5.67. The minimum atomic E-state index is 0.214. The number of aliphatic hydroxyl groups is 1. The van der Waals surface area contributed by atoms with Gasteiger partial charge in [0.2, 0.25) is 0 Å². The van der Waals surface area contributed by atoms with Gasteiger partial charge in [0.25, 0.3) is 0 Å². The second-order valence-corrected chi connectivity index (χ2v) is 5.02. The van der Waals surface area contributed by atoms with Crippen LogP contribution in [0.15, 0.2) is 48.5 Å². The zero-order valence-corrected chi connectivity index (χ0v) is 11.0. The Balaban J connectivity index is 1.90. The lowest BCUT2D eigenvalue weighted by atomic mass is 10.0. The van der Waals surface area contributed by atoms with E-state index in [1.165, 1.54) is 35.3 Å². The summed E-state index contributed by atoms with van der Waals surface area (Å²) in [5, 5.41) is 8.96. The van der Waals surface area contributed by atoms with E-state index in [0.29, 0.717) is 0 Å². The Bertz CT molecular complexity index is 547. The average molecular weight is 253 g/mol. The molecule has 1 N–H and O–H groups in total. The van der Waals surface area contributed by atoms with Crippen LogP contribution in [0.4, 0.5) is 11.4 Å². The van der Waals surface area contributed by atoms with Crippen molar-refractivity contribution in [3.05, 3.63) is 59.7 Å². The van der Waals surface area contributed by atoms with Crippen LogP contribution in [0, 0.1) is 0 Å². The van der Waals surface area contributed by atoms with Gasteiger partial charge in [0.1, 0.15) is 0 Å². The molecule has 0 bridgehead atoms. The molecule has 0 atom stereocenters. The Morgan fingerprint density at radius 3 is 2.58 bits per heavy atom. The van der Waals surface area contributed by atoms with Crippen LogP contribution in [0.1, 0.15) is 17.5 Å². The molecular formula is C17H19NO. The lowest BCUT2D eigenvalue weighted by molar-refractivity contribution is 0.299. The Morgan fingerprint density at radius 2 is 1.79 bits per heavy atom. The van der Waals surface area contributed by atoms with Crippen molar-refractivity contribution in [2.75, 3.05) is 18.1 Å². The Hall–Kier alpha value is -1.80. The summed E-state index contributed by atoms with van der Waals surface area (Å²) in [6.07, 6.45) is 3.11. The van der Waals surface area contributed by atoms with Gasteiger partial charge < -0.3 is 10.0 Å². The predicted molar refractivity (Wildman–Crippen MR) is 79.0 cm³/mol. The normalized spacial score (nSPS) is 14.3. The molecule has 2 nitrogen and oxygen atoms in total. The van der Waals surface area contributed by atoms with E-state index in [1.807, 2.05) is 0 Å². The number of para-hydroxylation sites is 1. The third-order valence-corrected chi connectivity index (χ3v) is 3.76. The van der Waals surface area contributed by atoms with Gasteiger partial charge in [-0.2, -0.15) is 0 Å². The fraction of sp³-hybridized carbons (Fsp3) is 0.294. The molecule has 0 radical (unpaired) electrons. The van der Waals surface area contributed by atoms with Crippen LogP contribution < -0.4 is 4.90 Å². The summed E-state index contributed by atoms with van der Waals surface area (Å²) in [5.74, 6) is 0. The Morgan fingerprint density at radius 1 is 1.00 bits per heavy atom. The van der Waals surface area contributed by atoms with Gasteiger partial charge in [-0.25, -0.2) is 0 Å². The number of nitrogens with zero attached hydrogens (tertiary/aromatic N) is 1. The quantitative estimate of drug-likeness (QED) is 0.907. The van der Waals surface area contributed by atoms with E-state index < -0.39 is 0 Å². The molecule has 0 aliphatic carbocycles. The number of rotatable bonds is 3. The van der Waals surface area contributed by atoms with Gasteiger partial charge in [-0.1, -0.05) is 30.3 Å². The smallest absolute Gasteiger partial charge is 0.0471 e. The molecule has 2 heteroatoms. The lowest BCUT2D eigenvalue weighted by Crippen LogP contribution is -2.24. The van der Waals surface area contributed by atoms with Crippen LogP contribution >= 0.6 is 0 Å². The van der Waals surface area contributed by atoms with Crippen LogP contribution in [0.2, 0.25) is 0 Å². The molecule has 0 saturated carbocycles. The van der Waals surface area contributed by atoms with Gasteiger partial charge in [0.15, 0.2) is 0 Å². The van der Waals surface area contributed by atoms with Crippen molar-refractivity contribution >= 4 is 11.4 Å². The topological polar surface area (TPSA) is 23.5 Å². The number of anilines is 2. The Labute approximate surface area is 114 Å². The van der Waals surface area contributed by atoms with Crippen LogP contribution in [0.25, 0.3) is 0 Å². The fourth-order valence-corrected chi connectivity index (χ4v) is 2.77. The van der Waals surface area contributed by atoms with Gasteiger partial charge >= 0.3 is 0 Å². The molecule has 2 aromatic rings. The third-order valence-electron chi connectivity index (χ3n) is 3.76. The number of aryl methyl sites for hydroxylation is 1. The second kappa shape index (κ2) is 5.45. The van der Waals surface area contributed by atoms with Crippen molar-refractivity contribution in [1.29, 1.82) is 0 Å². The van der Waals surface area contributed by atoms with E-state index in [-0.39, 0.29) is 6.61 Å².